The molecule has 0 radical (unpaired) electrons. The molecular formula is C18H23F3N4O. The van der Waals surface area contributed by atoms with Crippen molar-refractivity contribution in [1.82, 2.24) is 4.98 Å². The molecule has 1 saturated carbocycles. The molecule has 0 aromatic carbocycles. The van der Waals surface area contributed by atoms with E-state index in [1.165, 1.54) is 0 Å². The third-order valence-corrected chi connectivity index (χ3v) is 4.31. The smallest absolute Gasteiger partial charge is 0.394 e. The Balaban J connectivity index is 1.96. The van der Waals surface area contributed by atoms with Crippen LogP contribution in [-0.4, -0.2) is 29.3 Å². The molecule has 1 unspecified atom stereocenters. The number of nitrogens with one attached hydrogen (secondary N) is 1. The third kappa shape index (κ3) is 5.57. The molecule has 0 saturated heterocycles. The maximum Gasteiger partial charge on any atom is 0.431 e. The second kappa shape index (κ2) is 8.82. The zero-order chi connectivity index (χ0) is 19.2. The van der Waals surface area contributed by atoms with Gasteiger partial charge in [-0.3, -0.25) is 14.8 Å². The van der Waals surface area contributed by atoms with Crippen molar-refractivity contribution < 1.29 is 18.0 Å². The fourth-order valence-electron chi connectivity index (χ4n) is 2.75. The van der Waals surface area contributed by atoms with Crippen LogP contribution < -0.4 is 11.1 Å². The number of nitrogens with zero attached hydrogens (tertiary/aromatic N) is 2. The highest BCUT2D eigenvalue weighted by atomic mass is 19.4. The van der Waals surface area contributed by atoms with Crippen LogP contribution in [0.15, 0.2) is 40.8 Å². The van der Waals surface area contributed by atoms with Gasteiger partial charge in [-0.05, 0) is 44.2 Å². The van der Waals surface area contributed by atoms with Crippen LogP contribution in [0.5, 0.6) is 0 Å². The van der Waals surface area contributed by atoms with Gasteiger partial charge in [-0.2, -0.15) is 13.2 Å². The van der Waals surface area contributed by atoms with Gasteiger partial charge in [0.05, 0.1) is 11.9 Å². The molecule has 2 rings (SSSR count). The lowest BCUT2D eigenvalue weighted by molar-refractivity contribution is -0.119. The van der Waals surface area contributed by atoms with Crippen molar-refractivity contribution in [2.24, 2.45) is 16.6 Å². The van der Waals surface area contributed by atoms with Gasteiger partial charge in [-0.25, -0.2) is 0 Å². The summed E-state index contributed by atoms with van der Waals surface area (Å²) in [6, 6.07) is 3.45. The van der Waals surface area contributed by atoms with E-state index >= 15 is 0 Å². The van der Waals surface area contributed by atoms with Gasteiger partial charge < -0.3 is 11.1 Å². The molecule has 142 valence electrons. The van der Waals surface area contributed by atoms with Crippen molar-refractivity contribution in [3.63, 3.8) is 0 Å². The predicted molar refractivity (Wildman–Crippen MR) is 94.7 cm³/mol. The SMILES string of the molecule is CC(CCN=C1CCCCC1=C(N)C(F)(F)F)C(=O)Nc1cccnc1. The first-order valence-electron chi connectivity index (χ1n) is 8.59. The Hall–Kier alpha value is -2.38. The van der Waals surface area contributed by atoms with Crippen LogP contribution in [0, 0.1) is 5.92 Å². The Labute approximate surface area is 150 Å². The average Bonchev–Trinajstić information content (AvgIpc) is 2.61. The third-order valence-electron chi connectivity index (χ3n) is 4.31. The van der Waals surface area contributed by atoms with E-state index in [2.05, 4.69) is 15.3 Å². The maximum atomic E-state index is 12.9. The summed E-state index contributed by atoms with van der Waals surface area (Å²) in [5.41, 5.74) is 5.37. The highest BCUT2D eigenvalue weighted by Crippen LogP contribution is 2.31. The van der Waals surface area contributed by atoms with Crippen molar-refractivity contribution in [3.05, 3.63) is 35.8 Å². The van der Waals surface area contributed by atoms with Crippen LogP contribution in [0.25, 0.3) is 0 Å². The minimum absolute atomic E-state index is 0.108. The normalized spacial score (nSPS) is 19.9. The number of nitrogens with two attached hydrogens (primary N) is 1. The number of halogens is 3. The number of alkyl halides is 3. The van der Waals surface area contributed by atoms with E-state index in [0.717, 1.165) is 6.42 Å². The van der Waals surface area contributed by atoms with E-state index < -0.39 is 11.9 Å². The number of aromatic nitrogens is 1. The first kappa shape index (κ1) is 19.9. The molecule has 0 aliphatic heterocycles. The molecule has 0 bridgehead atoms. The topological polar surface area (TPSA) is 80.4 Å². The number of amides is 1. The largest absolute Gasteiger partial charge is 0.431 e. The molecule has 1 atom stereocenters. The van der Waals surface area contributed by atoms with E-state index in [1.807, 2.05) is 0 Å². The molecule has 1 aliphatic carbocycles. The number of aliphatic imine (C=N–C) groups is 1. The summed E-state index contributed by atoms with van der Waals surface area (Å²) < 4.78 is 38.6. The average molecular weight is 368 g/mol. The van der Waals surface area contributed by atoms with E-state index in [4.69, 9.17) is 5.73 Å². The van der Waals surface area contributed by atoms with Crippen LogP contribution in [0.3, 0.4) is 0 Å². The van der Waals surface area contributed by atoms with Gasteiger partial charge in [0.25, 0.3) is 0 Å². The van der Waals surface area contributed by atoms with Crippen molar-refractivity contribution in [3.8, 4) is 0 Å². The lowest BCUT2D eigenvalue weighted by Crippen LogP contribution is -2.26. The number of pyridine rings is 1. The van der Waals surface area contributed by atoms with E-state index in [0.29, 0.717) is 37.1 Å². The second-order valence-corrected chi connectivity index (χ2v) is 6.35. The Morgan fingerprint density at radius 2 is 2.12 bits per heavy atom. The lowest BCUT2D eigenvalue weighted by atomic mass is 9.91. The molecule has 1 aromatic rings. The van der Waals surface area contributed by atoms with Crippen LogP contribution in [0.2, 0.25) is 0 Å². The van der Waals surface area contributed by atoms with E-state index in [-0.39, 0.29) is 23.9 Å². The zero-order valence-electron chi connectivity index (χ0n) is 14.6. The van der Waals surface area contributed by atoms with Gasteiger partial charge in [-0.15, -0.1) is 0 Å². The van der Waals surface area contributed by atoms with E-state index in [9.17, 15) is 18.0 Å². The summed E-state index contributed by atoms with van der Waals surface area (Å²) in [6.07, 6.45) is 1.31. The molecule has 1 aromatic heterocycles. The standard InChI is InChI=1S/C18H23F3N4O/c1-12(17(26)25-13-5-4-9-23-11-13)8-10-24-15-7-3-2-6-14(15)16(22)18(19,20)21/h4-5,9,11-12H,2-3,6-8,10,22H2,1H3,(H,25,26). The highest BCUT2D eigenvalue weighted by molar-refractivity contribution is 6.01. The van der Waals surface area contributed by atoms with Gasteiger partial charge in [0, 0.05) is 29.9 Å². The van der Waals surface area contributed by atoms with Crippen molar-refractivity contribution >= 4 is 17.3 Å². The molecule has 0 spiro atoms. The summed E-state index contributed by atoms with van der Waals surface area (Å²) in [5.74, 6) is -0.497. The molecule has 1 heterocycles. The summed E-state index contributed by atoms with van der Waals surface area (Å²) in [4.78, 5) is 20.4. The van der Waals surface area contributed by atoms with Gasteiger partial charge in [0.2, 0.25) is 5.91 Å². The maximum absolute atomic E-state index is 12.9. The Kier molecular flexibility index (Phi) is 6.76. The van der Waals surface area contributed by atoms with Crippen LogP contribution >= 0.6 is 0 Å². The monoisotopic (exact) mass is 368 g/mol. The number of anilines is 1. The van der Waals surface area contributed by atoms with Gasteiger partial charge >= 0.3 is 6.18 Å². The Bertz CT molecular complexity index is 683. The van der Waals surface area contributed by atoms with Crippen molar-refractivity contribution in [1.29, 1.82) is 0 Å². The van der Waals surface area contributed by atoms with Crippen LogP contribution in [0.1, 0.15) is 39.0 Å². The van der Waals surface area contributed by atoms with Crippen molar-refractivity contribution in [2.45, 2.75) is 45.2 Å². The number of rotatable bonds is 5. The van der Waals surface area contributed by atoms with Crippen molar-refractivity contribution in [2.75, 3.05) is 11.9 Å². The molecule has 1 aliphatic rings. The lowest BCUT2D eigenvalue weighted by Gasteiger charge is -2.21. The first-order chi connectivity index (χ1) is 12.3. The predicted octanol–water partition coefficient (Wildman–Crippen LogP) is 3.84. The molecule has 1 fully saturated rings. The van der Waals surface area contributed by atoms with Crippen LogP contribution in [0.4, 0.5) is 18.9 Å². The molecular weight excluding hydrogens is 345 g/mol. The summed E-state index contributed by atoms with van der Waals surface area (Å²) in [5, 5.41) is 2.75. The van der Waals surface area contributed by atoms with Crippen LogP contribution in [-0.2, 0) is 4.79 Å². The van der Waals surface area contributed by atoms with Gasteiger partial charge in [-0.1, -0.05) is 6.92 Å². The van der Waals surface area contributed by atoms with Gasteiger partial charge in [0.1, 0.15) is 5.70 Å². The Morgan fingerprint density at radius 1 is 1.38 bits per heavy atom. The fraction of sp³-hybridized carbons (Fsp3) is 0.500. The number of allylic oxidation sites excluding steroid dienone is 2. The number of hydrogen-bond acceptors (Lipinski definition) is 4. The second-order valence-electron chi connectivity index (χ2n) is 6.35. The number of carbonyl (C=O) groups excluding carboxylic acids is 1. The summed E-state index contributed by atoms with van der Waals surface area (Å²) in [6.45, 7) is 2.04. The minimum Gasteiger partial charge on any atom is -0.394 e. The fourth-order valence-corrected chi connectivity index (χ4v) is 2.75. The number of carbonyl (C=O) groups is 1. The zero-order valence-corrected chi connectivity index (χ0v) is 14.6. The molecule has 26 heavy (non-hydrogen) atoms. The number of hydrogen-bond donors (Lipinski definition) is 2. The summed E-state index contributed by atoms with van der Waals surface area (Å²) >= 11 is 0. The quantitative estimate of drug-likeness (QED) is 0.829. The summed E-state index contributed by atoms with van der Waals surface area (Å²) in [7, 11) is 0. The Morgan fingerprint density at radius 3 is 2.77 bits per heavy atom. The van der Waals surface area contributed by atoms with E-state index in [1.54, 1.807) is 31.5 Å². The highest BCUT2D eigenvalue weighted by Gasteiger charge is 2.35. The molecule has 5 nitrogen and oxygen atoms in total. The molecule has 1 amide bonds. The minimum atomic E-state index is -4.54. The molecule has 3 N–H and O–H groups in total. The first-order valence-corrected chi connectivity index (χ1v) is 8.59. The molecule has 8 heteroatoms. The van der Waals surface area contributed by atoms with Gasteiger partial charge in [0.15, 0.2) is 0 Å².